The van der Waals surface area contributed by atoms with E-state index in [1.54, 1.807) is 0 Å². The van der Waals surface area contributed by atoms with Crippen LogP contribution in [-0.4, -0.2) is 40.1 Å². The van der Waals surface area contributed by atoms with E-state index in [0.29, 0.717) is 12.8 Å². The van der Waals surface area contributed by atoms with Gasteiger partial charge in [-0.2, -0.15) is 8.78 Å². The van der Waals surface area contributed by atoms with Crippen LogP contribution in [0.15, 0.2) is 42.6 Å². The van der Waals surface area contributed by atoms with Gasteiger partial charge in [0.25, 0.3) is 5.91 Å². The normalized spacial score (nSPS) is 15.2. The van der Waals surface area contributed by atoms with Gasteiger partial charge in [0, 0.05) is 18.8 Å². The molecule has 0 unspecified atom stereocenters. The second-order valence-corrected chi connectivity index (χ2v) is 7.18. The zero-order valence-corrected chi connectivity index (χ0v) is 16.3. The van der Waals surface area contributed by atoms with Crippen molar-refractivity contribution in [1.82, 2.24) is 9.88 Å². The van der Waals surface area contributed by atoms with Crippen molar-refractivity contribution in [3.63, 3.8) is 0 Å². The number of nitrogens with one attached hydrogen (secondary N) is 1. The Labute approximate surface area is 171 Å². The van der Waals surface area contributed by atoms with Crippen molar-refractivity contribution in [2.24, 2.45) is 0 Å². The first-order valence-corrected chi connectivity index (χ1v) is 9.34. The predicted molar refractivity (Wildman–Crippen MR) is 103 cm³/mol. The van der Waals surface area contributed by atoms with Gasteiger partial charge >= 0.3 is 5.92 Å². The average Bonchev–Trinajstić information content (AvgIpc) is 2.71. The SMILES string of the molecule is C=C(N1CCC(O)CC1)C(F)(F)c1nc(C(=O)Nc2ccc(F)c(C)c2)ccc1F. The number of aryl methyl sites for hydroxylation is 1. The Hall–Kier alpha value is -2.94. The lowest BCUT2D eigenvalue weighted by molar-refractivity contribution is -0.0126. The Kier molecular flexibility index (Phi) is 6.12. The molecule has 2 aromatic rings. The van der Waals surface area contributed by atoms with Crippen molar-refractivity contribution < 1.29 is 27.5 Å². The Morgan fingerprint density at radius 1 is 1.20 bits per heavy atom. The van der Waals surface area contributed by atoms with E-state index in [9.17, 15) is 27.5 Å². The molecule has 2 heterocycles. The van der Waals surface area contributed by atoms with Crippen LogP contribution < -0.4 is 5.32 Å². The quantitative estimate of drug-likeness (QED) is 0.714. The lowest BCUT2D eigenvalue weighted by Crippen LogP contribution is -2.40. The van der Waals surface area contributed by atoms with Crippen LogP contribution in [0.1, 0.15) is 34.6 Å². The summed E-state index contributed by atoms with van der Waals surface area (Å²) in [4.78, 5) is 17.3. The van der Waals surface area contributed by atoms with E-state index in [0.717, 1.165) is 18.2 Å². The van der Waals surface area contributed by atoms with Gasteiger partial charge in [0.15, 0.2) is 11.5 Å². The topological polar surface area (TPSA) is 65.5 Å². The minimum atomic E-state index is -3.85. The number of aliphatic hydroxyl groups is 1. The molecule has 1 aliphatic heterocycles. The summed E-state index contributed by atoms with van der Waals surface area (Å²) in [6.45, 7) is 5.22. The first kappa shape index (κ1) is 21.8. The van der Waals surface area contributed by atoms with Crippen LogP contribution >= 0.6 is 0 Å². The van der Waals surface area contributed by atoms with Gasteiger partial charge in [-0.15, -0.1) is 0 Å². The number of piperidine rings is 1. The number of anilines is 1. The molecular weight excluding hydrogens is 402 g/mol. The fraction of sp³-hybridized carbons (Fsp3) is 0.333. The van der Waals surface area contributed by atoms with Crippen molar-refractivity contribution in [2.75, 3.05) is 18.4 Å². The maximum absolute atomic E-state index is 15.0. The van der Waals surface area contributed by atoms with Crippen LogP contribution in [0.3, 0.4) is 0 Å². The first-order valence-electron chi connectivity index (χ1n) is 9.34. The minimum Gasteiger partial charge on any atom is -0.393 e. The van der Waals surface area contributed by atoms with Crippen LogP contribution in [-0.2, 0) is 5.92 Å². The van der Waals surface area contributed by atoms with Gasteiger partial charge in [-0.05, 0) is 55.7 Å². The van der Waals surface area contributed by atoms with Gasteiger partial charge in [-0.25, -0.2) is 13.8 Å². The third-order valence-corrected chi connectivity index (χ3v) is 5.00. The monoisotopic (exact) mass is 423 g/mol. The molecule has 0 atom stereocenters. The Balaban J connectivity index is 1.83. The molecule has 0 saturated carbocycles. The van der Waals surface area contributed by atoms with Crippen LogP contribution in [0, 0.1) is 18.6 Å². The number of hydrogen-bond donors (Lipinski definition) is 2. The highest BCUT2D eigenvalue weighted by atomic mass is 19.3. The fourth-order valence-electron chi connectivity index (χ4n) is 3.18. The molecule has 0 aliphatic carbocycles. The van der Waals surface area contributed by atoms with Crippen molar-refractivity contribution in [3.8, 4) is 0 Å². The first-order chi connectivity index (χ1) is 14.1. The number of nitrogens with zero attached hydrogens (tertiary/aromatic N) is 2. The van der Waals surface area contributed by atoms with Gasteiger partial charge in [0.05, 0.1) is 11.8 Å². The number of allylic oxidation sites excluding steroid dienone is 1. The molecule has 0 radical (unpaired) electrons. The number of aromatic nitrogens is 1. The van der Waals surface area contributed by atoms with Crippen molar-refractivity contribution in [1.29, 1.82) is 0 Å². The molecule has 9 heteroatoms. The van der Waals surface area contributed by atoms with E-state index in [2.05, 4.69) is 16.9 Å². The van der Waals surface area contributed by atoms with Crippen LogP contribution in [0.5, 0.6) is 0 Å². The summed E-state index contributed by atoms with van der Waals surface area (Å²) in [6, 6.07) is 5.57. The summed E-state index contributed by atoms with van der Waals surface area (Å²) in [5.74, 6) is -6.43. The van der Waals surface area contributed by atoms with E-state index in [1.807, 2.05) is 0 Å². The zero-order chi connectivity index (χ0) is 22.1. The summed E-state index contributed by atoms with van der Waals surface area (Å²) in [5, 5.41) is 12.0. The third kappa shape index (κ3) is 4.46. The highest BCUT2D eigenvalue weighted by Gasteiger charge is 2.43. The van der Waals surface area contributed by atoms with E-state index >= 15 is 0 Å². The third-order valence-electron chi connectivity index (χ3n) is 5.00. The Bertz CT molecular complexity index is 973. The van der Waals surface area contributed by atoms with E-state index < -0.39 is 46.7 Å². The number of amides is 1. The molecule has 30 heavy (non-hydrogen) atoms. The zero-order valence-electron chi connectivity index (χ0n) is 16.3. The minimum absolute atomic E-state index is 0.154. The molecular formula is C21H21F4N3O2. The molecule has 160 valence electrons. The highest BCUT2D eigenvalue weighted by Crippen LogP contribution is 2.38. The van der Waals surface area contributed by atoms with Gasteiger partial charge in [-0.3, -0.25) is 4.79 Å². The number of pyridine rings is 1. The standard InChI is InChI=1S/C21H21F4N3O2/c1-12-11-14(3-4-16(12)22)26-20(30)18-6-5-17(23)19(27-18)21(24,25)13(2)28-9-7-15(29)8-10-28/h3-6,11,15,29H,2,7-10H2,1H3,(H,26,30). The molecule has 2 N–H and O–H groups in total. The van der Waals surface area contributed by atoms with Crippen LogP contribution in [0.25, 0.3) is 0 Å². The Morgan fingerprint density at radius 3 is 2.47 bits per heavy atom. The number of halogens is 4. The van der Waals surface area contributed by atoms with Crippen molar-refractivity contribution >= 4 is 11.6 Å². The average molecular weight is 423 g/mol. The van der Waals surface area contributed by atoms with E-state index in [4.69, 9.17) is 0 Å². The molecule has 1 aliphatic rings. The smallest absolute Gasteiger partial charge is 0.331 e. The molecule has 5 nitrogen and oxygen atoms in total. The van der Waals surface area contributed by atoms with Gasteiger partial charge < -0.3 is 15.3 Å². The van der Waals surface area contributed by atoms with Crippen molar-refractivity contribution in [2.45, 2.75) is 31.8 Å². The lowest BCUT2D eigenvalue weighted by atomic mass is 10.0. The van der Waals surface area contributed by atoms with E-state index in [1.165, 1.54) is 24.0 Å². The van der Waals surface area contributed by atoms with Gasteiger partial charge in [0.1, 0.15) is 11.5 Å². The van der Waals surface area contributed by atoms with Gasteiger partial charge in [0.2, 0.25) is 0 Å². The van der Waals surface area contributed by atoms with Crippen LogP contribution in [0.2, 0.25) is 0 Å². The van der Waals surface area contributed by atoms with Gasteiger partial charge in [-0.1, -0.05) is 6.58 Å². The number of aliphatic hydroxyl groups excluding tert-OH is 1. The fourth-order valence-corrected chi connectivity index (χ4v) is 3.18. The highest BCUT2D eigenvalue weighted by molar-refractivity contribution is 6.02. The molecule has 0 spiro atoms. The molecule has 1 aromatic carbocycles. The largest absolute Gasteiger partial charge is 0.393 e. The number of alkyl halides is 2. The maximum Gasteiger partial charge on any atom is 0.331 e. The molecule has 1 saturated heterocycles. The molecule has 0 bridgehead atoms. The maximum atomic E-state index is 15.0. The number of hydrogen-bond acceptors (Lipinski definition) is 4. The summed E-state index contributed by atoms with van der Waals surface area (Å²) in [5.41, 5.74) is -1.74. The lowest BCUT2D eigenvalue weighted by Gasteiger charge is -2.35. The summed E-state index contributed by atoms with van der Waals surface area (Å²) >= 11 is 0. The summed E-state index contributed by atoms with van der Waals surface area (Å²) < 4.78 is 57.5. The number of likely N-dealkylation sites (tertiary alicyclic amines) is 1. The second kappa shape index (κ2) is 8.43. The molecule has 3 rings (SSSR count). The predicted octanol–water partition coefficient (Wildman–Crippen LogP) is 3.98. The summed E-state index contributed by atoms with van der Waals surface area (Å²) in [7, 11) is 0. The molecule has 1 amide bonds. The number of benzene rings is 1. The second-order valence-electron chi connectivity index (χ2n) is 7.18. The molecule has 1 fully saturated rings. The molecule has 1 aromatic heterocycles. The summed E-state index contributed by atoms with van der Waals surface area (Å²) in [6.07, 6.45) is 0.0226. The van der Waals surface area contributed by atoms with E-state index in [-0.39, 0.29) is 24.3 Å². The van der Waals surface area contributed by atoms with Crippen molar-refractivity contribution in [3.05, 3.63) is 71.2 Å². The number of rotatable bonds is 5. The Morgan fingerprint density at radius 2 is 1.83 bits per heavy atom. The number of carbonyl (C=O) groups excluding carboxylic acids is 1. The van der Waals surface area contributed by atoms with Crippen LogP contribution in [0.4, 0.5) is 23.2 Å². The number of carbonyl (C=O) groups is 1.